The fourth-order valence-corrected chi connectivity index (χ4v) is 2.74. The Morgan fingerprint density at radius 2 is 1.79 bits per heavy atom. The zero-order valence-electron chi connectivity index (χ0n) is 13.2. The first kappa shape index (κ1) is 18.1. The zero-order valence-corrected chi connectivity index (χ0v) is 14.0. The van der Waals surface area contributed by atoms with Crippen LogP contribution in [0.25, 0.3) is 0 Å². The van der Waals surface area contributed by atoms with E-state index in [4.69, 9.17) is 10.5 Å². The van der Waals surface area contributed by atoms with Crippen LogP contribution in [0.4, 0.5) is 10.1 Å². The highest BCUT2D eigenvalue weighted by molar-refractivity contribution is 5.95. The molecule has 0 unspecified atom stereocenters. The van der Waals surface area contributed by atoms with Gasteiger partial charge in [-0.15, -0.1) is 12.4 Å². The van der Waals surface area contributed by atoms with E-state index < -0.39 is 0 Å². The maximum absolute atomic E-state index is 12.9. The number of rotatable bonds is 3. The molecule has 2 aromatic carbocycles. The molecule has 6 heteroatoms. The summed E-state index contributed by atoms with van der Waals surface area (Å²) in [5.74, 6) is 0.379. The van der Waals surface area contributed by atoms with Gasteiger partial charge in [0.05, 0.1) is 0 Å². The summed E-state index contributed by atoms with van der Waals surface area (Å²) in [5.41, 5.74) is 6.93. The number of likely N-dealkylation sites (tertiary alicyclic amines) is 1. The predicted molar refractivity (Wildman–Crippen MR) is 94.1 cm³/mol. The van der Waals surface area contributed by atoms with Crippen molar-refractivity contribution in [3.63, 3.8) is 0 Å². The summed E-state index contributed by atoms with van der Waals surface area (Å²) < 4.78 is 18.7. The van der Waals surface area contributed by atoms with Crippen LogP contribution in [0.15, 0.2) is 48.5 Å². The lowest BCUT2D eigenvalue weighted by Gasteiger charge is -2.32. The first-order chi connectivity index (χ1) is 11.1. The Morgan fingerprint density at radius 1 is 1.12 bits per heavy atom. The monoisotopic (exact) mass is 350 g/mol. The quantitative estimate of drug-likeness (QED) is 0.862. The third kappa shape index (κ3) is 4.38. The van der Waals surface area contributed by atoms with Crippen LogP contribution in [0.3, 0.4) is 0 Å². The van der Waals surface area contributed by atoms with Gasteiger partial charge in [-0.05, 0) is 42.5 Å². The number of carbonyl (C=O) groups is 1. The van der Waals surface area contributed by atoms with Gasteiger partial charge in [0.15, 0.2) is 0 Å². The molecule has 2 aromatic rings. The van der Waals surface area contributed by atoms with E-state index in [1.54, 1.807) is 36.4 Å². The molecule has 1 aliphatic heterocycles. The SMILES string of the molecule is Cl.Nc1cccc(C(=O)N2CCC(Oc3ccc(F)cc3)CC2)c1. The van der Waals surface area contributed by atoms with Gasteiger partial charge in [-0.25, -0.2) is 4.39 Å². The number of ether oxygens (including phenoxy) is 1. The number of nitrogens with two attached hydrogens (primary N) is 1. The van der Waals surface area contributed by atoms with Crippen molar-refractivity contribution in [2.75, 3.05) is 18.8 Å². The Bertz CT molecular complexity index is 686. The van der Waals surface area contributed by atoms with Gasteiger partial charge in [-0.1, -0.05) is 6.07 Å². The van der Waals surface area contributed by atoms with Crippen LogP contribution in [0, 0.1) is 5.82 Å². The number of nitrogen functional groups attached to an aromatic ring is 1. The summed E-state index contributed by atoms with van der Waals surface area (Å²) in [6, 6.07) is 13.0. The van der Waals surface area contributed by atoms with E-state index >= 15 is 0 Å². The molecule has 2 N–H and O–H groups in total. The molecular weight excluding hydrogens is 331 g/mol. The largest absolute Gasteiger partial charge is 0.490 e. The van der Waals surface area contributed by atoms with Crippen molar-refractivity contribution in [2.24, 2.45) is 0 Å². The van der Waals surface area contributed by atoms with Crippen molar-refractivity contribution >= 4 is 24.0 Å². The summed E-state index contributed by atoms with van der Waals surface area (Å²) in [5, 5.41) is 0. The maximum atomic E-state index is 12.9. The van der Waals surface area contributed by atoms with Crippen LogP contribution in [0.5, 0.6) is 5.75 Å². The molecule has 0 radical (unpaired) electrons. The average molecular weight is 351 g/mol. The minimum atomic E-state index is -0.278. The Hall–Kier alpha value is -2.27. The molecule has 0 spiro atoms. The highest BCUT2D eigenvalue weighted by atomic mass is 35.5. The van der Waals surface area contributed by atoms with Crippen LogP contribution in [0.1, 0.15) is 23.2 Å². The Balaban J connectivity index is 0.00000208. The molecule has 1 amide bonds. The van der Waals surface area contributed by atoms with Gasteiger partial charge in [-0.3, -0.25) is 4.79 Å². The first-order valence-electron chi connectivity index (χ1n) is 7.69. The number of hydrogen-bond acceptors (Lipinski definition) is 3. The Kier molecular flexibility index (Phi) is 6.04. The maximum Gasteiger partial charge on any atom is 0.253 e. The van der Waals surface area contributed by atoms with Crippen molar-refractivity contribution in [1.82, 2.24) is 4.90 Å². The minimum absolute atomic E-state index is 0. The topological polar surface area (TPSA) is 55.6 Å². The molecule has 128 valence electrons. The van der Waals surface area contributed by atoms with E-state index in [0.717, 1.165) is 12.8 Å². The second-order valence-corrected chi connectivity index (χ2v) is 5.69. The predicted octanol–water partition coefficient (Wildman–Crippen LogP) is 3.51. The normalized spacial score (nSPS) is 14.8. The minimum Gasteiger partial charge on any atom is -0.490 e. The molecule has 4 nitrogen and oxygen atoms in total. The molecule has 0 bridgehead atoms. The number of nitrogens with zero attached hydrogens (tertiary/aromatic N) is 1. The summed E-state index contributed by atoms with van der Waals surface area (Å²) >= 11 is 0. The van der Waals surface area contributed by atoms with Crippen molar-refractivity contribution in [3.05, 3.63) is 59.9 Å². The molecule has 1 heterocycles. The third-order valence-corrected chi connectivity index (χ3v) is 3.98. The van der Waals surface area contributed by atoms with Crippen LogP contribution in [-0.2, 0) is 0 Å². The Labute approximate surface area is 146 Å². The van der Waals surface area contributed by atoms with Crippen LogP contribution < -0.4 is 10.5 Å². The van der Waals surface area contributed by atoms with Crippen molar-refractivity contribution in [1.29, 1.82) is 0 Å². The average Bonchev–Trinajstić information content (AvgIpc) is 2.57. The van der Waals surface area contributed by atoms with Crippen molar-refractivity contribution in [3.8, 4) is 5.75 Å². The number of halogens is 2. The zero-order chi connectivity index (χ0) is 16.2. The number of amides is 1. The third-order valence-electron chi connectivity index (χ3n) is 3.98. The molecule has 1 aliphatic rings. The second kappa shape index (κ2) is 8.02. The Morgan fingerprint density at radius 3 is 2.42 bits per heavy atom. The molecule has 0 atom stereocenters. The van der Waals surface area contributed by atoms with Gasteiger partial charge >= 0.3 is 0 Å². The standard InChI is InChI=1S/C18H19FN2O2.ClH/c19-14-4-6-16(7-5-14)23-17-8-10-21(11-9-17)18(22)13-2-1-3-15(20)12-13;/h1-7,12,17H,8-11,20H2;1H. The molecule has 3 rings (SSSR count). The van der Waals surface area contributed by atoms with Crippen molar-refractivity contribution in [2.45, 2.75) is 18.9 Å². The van der Waals surface area contributed by atoms with Crippen LogP contribution in [-0.4, -0.2) is 30.0 Å². The van der Waals surface area contributed by atoms with E-state index in [1.165, 1.54) is 12.1 Å². The second-order valence-electron chi connectivity index (χ2n) is 5.69. The lowest BCUT2D eigenvalue weighted by molar-refractivity contribution is 0.0595. The fourth-order valence-electron chi connectivity index (χ4n) is 2.74. The van der Waals surface area contributed by atoms with Gasteiger partial charge in [0.2, 0.25) is 0 Å². The van der Waals surface area contributed by atoms with Gasteiger partial charge in [0, 0.05) is 37.2 Å². The number of anilines is 1. The van der Waals surface area contributed by atoms with Crippen molar-refractivity contribution < 1.29 is 13.9 Å². The van der Waals surface area contributed by atoms with E-state index in [9.17, 15) is 9.18 Å². The first-order valence-corrected chi connectivity index (χ1v) is 7.69. The van der Waals surface area contributed by atoms with E-state index in [0.29, 0.717) is 30.1 Å². The van der Waals surface area contributed by atoms with Crippen LogP contribution in [0.2, 0.25) is 0 Å². The molecular formula is C18H20ClFN2O2. The van der Waals surface area contributed by atoms with Crippen LogP contribution >= 0.6 is 12.4 Å². The molecule has 24 heavy (non-hydrogen) atoms. The van der Waals surface area contributed by atoms with Gasteiger partial charge in [0.1, 0.15) is 17.7 Å². The molecule has 1 saturated heterocycles. The highest BCUT2D eigenvalue weighted by Crippen LogP contribution is 2.21. The van der Waals surface area contributed by atoms with E-state index in [1.807, 2.05) is 4.90 Å². The number of piperidine rings is 1. The van der Waals surface area contributed by atoms with Gasteiger partial charge in [0.25, 0.3) is 5.91 Å². The highest BCUT2D eigenvalue weighted by Gasteiger charge is 2.24. The number of carbonyl (C=O) groups excluding carboxylic acids is 1. The fraction of sp³-hybridized carbons (Fsp3) is 0.278. The van der Waals surface area contributed by atoms with E-state index in [2.05, 4.69) is 0 Å². The summed E-state index contributed by atoms with van der Waals surface area (Å²) in [7, 11) is 0. The van der Waals surface area contributed by atoms with E-state index in [-0.39, 0.29) is 30.2 Å². The smallest absolute Gasteiger partial charge is 0.253 e. The summed E-state index contributed by atoms with van der Waals surface area (Å²) in [6.45, 7) is 1.28. The summed E-state index contributed by atoms with van der Waals surface area (Å²) in [6.07, 6.45) is 1.56. The number of benzene rings is 2. The molecule has 1 fully saturated rings. The molecule has 0 aliphatic carbocycles. The molecule has 0 saturated carbocycles. The lowest BCUT2D eigenvalue weighted by atomic mass is 10.1. The summed E-state index contributed by atoms with van der Waals surface area (Å²) in [4.78, 5) is 14.3. The lowest BCUT2D eigenvalue weighted by Crippen LogP contribution is -2.41. The number of hydrogen-bond donors (Lipinski definition) is 1. The van der Waals surface area contributed by atoms with Gasteiger partial charge < -0.3 is 15.4 Å². The van der Waals surface area contributed by atoms with Gasteiger partial charge in [-0.2, -0.15) is 0 Å². The molecule has 0 aromatic heterocycles.